The molecule has 0 aliphatic carbocycles. The van der Waals surface area contributed by atoms with Crippen LogP contribution in [0, 0.1) is 0 Å². The monoisotopic (exact) mass is 341 g/mol. The summed E-state index contributed by atoms with van der Waals surface area (Å²) in [6.45, 7) is 2.26. The van der Waals surface area contributed by atoms with E-state index in [4.69, 9.17) is 5.11 Å². The fourth-order valence-electron chi connectivity index (χ4n) is 2.35. The number of hydrogen-bond donors (Lipinski definition) is 1. The van der Waals surface area contributed by atoms with E-state index in [1.807, 2.05) is 0 Å². The Morgan fingerprint density at radius 1 is 0.762 bits per heavy atom. The third-order valence-electron chi connectivity index (χ3n) is 3.65. The van der Waals surface area contributed by atoms with Crippen LogP contribution in [0.3, 0.4) is 0 Å². The summed E-state index contributed by atoms with van der Waals surface area (Å²) in [6, 6.07) is 0. The second-order valence-electron chi connectivity index (χ2n) is 5.73. The van der Waals surface area contributed by atoms with Crippen LogP contribution in [0.25, 0.3) is 0 Å². The van der Waals surface area contributed by atoms with E-state index in [0.717, 1.165) is 12.8 Å². The summed E-state index contributed by atoms with van der Waals surface area (Å²) in [5.74, 6) is -0.664. The molecule has 125 valence electrons. The van der Waals surface area contributed by atoms with Gasteiger partial charge in [-0.15, -0.1) is 0 Å². The molecule has 1 N–H and O–H groups in total. The smallest absolute Gasteiger partial charge is 0.481 e. The average Bonchev–Trinajstić information content (AvgIpc) is 2.43. The molecule has 0 saturated heterocycles. The van der Waals surface area contributed by atoms with Crippen LogP contribution in [0.15, 0.2) is 12.2 Å². The quantitative estimate of drug-likeness (QED) is 0.288. The first-order chi connectivity index (χ1) is 9.77. The molecule has 1 radical (unpaired) electrons. The fourth-order valence-corrected chi connectivity index (χ4v) is 2.35. The average molecular weight is 341 g/mol. The number of carboxylic acid groups (broad SMARTS) is 1. The van der Waals surface area contributed by atoms with Crippen molar-refractivity contribution >= 4 is 5.97 Å². The molecule has 0 aromatic carbocycles. The molecule has 0 aromatic heterocycles. The number of unbranched alkanes of at least 4 members (excludes halogenated alkanes) is 11. The van der Waals surface area contributed by atoms with Crippen LogP contribution in [0.4, 0.5) is 0 Å². The molecule has 21 heavy (non-hydrogen) atoms. The molecular formula is C18H34CoO2+2. The molecule has 0 rings (SSSR count). The minimum atomic E-state index is -0.664. The molecule has 0 unspecified atom stereocenters. The molecule has 0 spiro atoms. The van der Waals surface area contributed by atoms with Gasteiger partial charge in [-0.25, -0.2) is 0 Å². The second kappa shape index (κ2) is 19.7. The third kappa shape index (κ3) is 22.1. The van der Waals surface area contributed by atoms with E-state index in [1.54, 1.807) is 0 Å². The molecular weight excluding hydrogens is 307 g/mol. The zero-order valence-corrected chi connectivity index (χ0v) is 14.8. The second-order valence-corrected chi connectivity index (χ2v) is 5.73. The standard InChI is InChI=1S/C18H34O2.Co/c1-2-3-4-5-6-7-8-9-10-11-12-13-14-15-16-17-18(19)20;/h9-10H,2-8,11-17H2,1H3,(H,19,20);/q;+2/b10-9-;. The van der Waals surface area contributed by atoms with Gasteiger partial charge in [0.1, 0.15) is 0 Å². The van der Waals surface area contributed by atoms with E-state index >= 15 is 0 Å². The van der Waals surface area contributed by atoms with Gasteiger partial charge in [0.25, 0.3) is 0 Å². The zero-order chi connectivity index (χ0) is 14.9. The van der Waals surface area contributed by atoms with Gasteiger partial charge < -0.3 is 5.11 Å². The summed E-state index contributed by atoms with van der Waals surface area (Å²) in [5, 5.41) is 8.51. The molecule has 3 heteroatoms. The van der Waals surface area contributed by atoms with E-state index in [2.05, 4.69) is 19.1 Å². The van der Waals surface area contributed by atoms with E-state index in [1.165, 1.54) is 70.6 Å². The van der Waals surface area contributed by atoms with Crippen LogP contribution >= 0.6 is 0 Å². The molecule has 0 atom stereocenters. The molecule has 0 heterocycles. The first-order valence-corrected chi connectivity index (χ1v) is 8.64. The fraction of sp³-hybridized carbons (Fsp3) is 0.833. The summed E-state index contributed by atoms with van der Waals surface area (Å²) in [5.41, 5.74) is 0. The van der Waals surface area contributed by atoms with E-state index in [-0.39, 0.29) is 16.8 Å². The Balaban J connectivity index is 0. The van der Waals surface area contributed by atoms with Crippen molar-refractivity contribution < 1.29 is 26.7 Å². The largest absolute Gasteiger partial charge is 2.00 e. The normalized spacial score (nSPS) is 10.7. The van der Waals surface area contributed by atoms with Gasteiger partial charge >= 0.3 is 22.7 Å². The molecule has 0 bridgehead atoms. The summed E-state index contributed by atoms with van der Waals surface area (Å²) < 4.78 is 0. The number of carboxylic acids is 1. The van der Waals surface area contributed by atoms with Crippen molar-refractivity contribution in [2.24, 2.45) is 0 Å². The van der Waals surface area contributed by atoms with Gasteiger partial charge in [0.2, 0.25) is 0 Å². The Bertz CT molecular complexity index is 239. The summed E-state index contributed by atoms with van der Waals surface area (Å²) in [4.78, 5) is 10.3. The first-order valence-electron chi connectivity index (χ1n) is 8.64. The molecule has 0 aliphatic heterocycles. The Morgan fingerprint density at radius 3 is 1.67 bits per heavy atom. The van der Waals surface area contributed by atoms with Gasteiger partial charge in [0.05, 0.1) is 0 Å². The number of aliphatic carboxylic acids is 1. The minimum absolute atomic E-state index is 0. The number of rotatable bonds is 15. The maximum absolute atomic E-state index is 10.3. The Morgan fingerprint density at radius 2 is 1.19 bits per heavy atom. The van der Waals surface area contributed by atoms with Crippen LogP contribution in [0.1, 0.15) is 96.8 Å². The van der Waals surface area contributed by atoms with Crippen molar-refractivity contribution in [3.63, 3.8) is 0 Å². The van der Waals surface area contributed by atoms with E-state index in [0.29, 0.717) is 6.42 Å². The Labute approximate surface area is 142 Å². The minimum Gasteiger partial charge on any atom is -0.481 e. The molecule has 0 amide bonds. The van der Waals surface area contributed by atoms with Crippen molar-refractivity contribution in [2.45, 2.75) is 96.8 Å². The van der Waals surface area contributed by atoms with Gasteiger partial charge in [0.15, 0.2) is 0 Å². The molecule has 0 saturated carbocycles. The number of carbonyl (C=O) groups is 1. The van der Waals surface area contributed by atoms with Crippen molar-refractivity contribution in [2.75, 3.05) is 0 Å². The first kappa shape index (κ1) is 23.0. The third-order valence-corrected chi connectivity index (χ3v) is 3.65. The van der Waals surface area contributed by atoms with Crippen LogP contribution in [-0.2, 0) is 21.6 Å². The molecule has 2 nitrogen and oxygen atoms in total. The predicted octanol–water partition coefficient (Wildman–Crippen LogP) is 6.11. The SMILES string of the molecule is CCCCCCCC/C=C\CCCCCCCC(=O)O.[Co+2]. The Hall–Kier alpha value is -0.284. The van der Waals surface area contributed by atoms with Crippen LogP contribution in [-0.4, -0.2) is 11.1 Å². The Kier molecular flexibility index (Phi) is 21.6. The molecule has 0 fully saturated rings. The van der Waals surface area contributed by atoms with Crippen LogP contribution in [0.5, 0.6) is 0 Å². The number of allylic oxidation sites excluding steroid dienone is 2. The van der Waals surface area contributed by atoms with Crippen LogP contribution < -0.4 is 0 Å². The van der Waals surface area contributed by atoms with Gasteiger partial charge in [-0.05, 0) is 32.1 Å². The maximum Gasteiger partial charge on any atom is 2.00 e. The predicted molar refractivity (Wildman–Crippen MR) is 87.1 cm³/mol. The molecule has 0 aromatic rings. The van der Waals surface area contributed by atoms with Gasteiger partial charge in [-0.2, -0.15) is 0 Å². The van der Waals surface area contributed by atoms with Crippen molar-refractivity contribution in [1.29, 1.82) is 0 Å². The summed E-state index contributed by atoms with van der Waals surface area (Å²) in [6.07, 6.45) is 21.2. The summed E-state index contributed by atoms with van der Waals surface area (Å²) in [7, 11) is 0. The summed E-state index contributed by atoms with van der Waals surface area (Å²) >= 11 is 0. The molecule has 0 aliphatic rings. The number of hydrogen-bond acceptors (Lipinski definition) is 1. The van der Waals surface area contributed by atoms with Crippen molar-refractivity contribution in [1.82, 2.24) is 0 Å². The van der Waals surface area contributed by atoms with E-state index in [9.17, 15) is 4.79 Å². The zero-order valence-electron chi connectivity index (χ0n) is 13.7. The maximum atomic E-state index is 10.3. The van der Waals surface area contributed by atoms with E-state index < -0.39 is 5.97 Å². The topological polar surface area (TPSA) is 37.3 Å². The van der Waals surface area contributed by atoms with Crippen LogP contribution in [0.2, 0.25) is 0 Å². The van der Waals surface area contributed by atoms with Gasteiger partial charge in [-0.1, -0.05) is 70.4 Å². The van der Waals surface area contributed by atoms with Crippen molar-refractivity contribution in [3.05, 3.63) is 12.2 Å². The van der Waals surface area contributed by atoms with Crippen molar-refractivity contribution in [3.8, 4) is 0 Å². The van der Waals surface area contributed by atoms with Gasteiger partial charge in [-0.3, -0.25) is 4.79 Å². The van der Waals surface area contributed by atoms with Gasteiger partial charge in [0, 0.05) is 6.42 Å².